The highest BCUT2D eigenvalue weighted by atomic mass is 16.6. The maximum absolute atomic E-state index is 11.9. The van der Waals surface area contributed by atoms with E-state index in [0.717, 1.165) is 12.8 Å². The molecule has 1 rings (SSSR count). The van der Waals surface area contributed by atoms with Crippen molar-refractivity contribution in [1.29, 1.82) is 0 Å². The first-order chi connectivity index (χ1) is 7.35. The second-order valence-electron chi connectivity index (χ2n) is 5.36. The molecule has 1 amide bonds. The van der Waals surface area contributed by atoms with Crippen molar-refractivity contribution in [2.24, 2.45) is 0 Å². The Balaban J connectivity index is 2.61. The Bertz CT molecular complexity index is 247. The highest BCUT2D eigenvalue weighted by molar-refractivity contribution is 5.69. The van der Waals surface area contributed by atoms with Crippen LogP contribution >= 0.6 is 0 Å². The maximum atomic E-state index is 11.9. The SMILES string of the molecule is CC[C@H](O)[C@@H]1CCCN1C(=O)OC(C)(C)C. The second kappa shape index (κ2) is 5.04. The lowest BCUT2D eigenvalue weighted by molar-refractivity contribution is 0.00475. The highest BCUT2D eigenvalue weighted by Crippen LogP contribution is 2.24. The molecule has 0 spiro atoms. The van der Waals surface area contributed by atoms with Crippen LogP contribution in [-0.2, 0) is 4.74 Å². The molecule has 4 heteroatoms. The zero-order valence-corrected chi connectivity index (χ0v) is 10.7. The minimum atomic E-state index is -0.471. The van der Waals surface area contributed by atoms with E-state index in [4.69, 9.17) is 4.74 Å². The minimum absolute atomic E-state index is 0.0696. The Kier molecular flexibility index (Phi) is 4.19. The fraction of sp³-hybridized carbons (Fsp3) is 0.917. The first kappa shape index (κ1) is 13.3. The molecule has 0 radical (unpaired) electrons. The summed E-state index contributed by atoms with van der Waals surface area (Å²) in [6.45, 7) is 8.18. The third-order valence-electron chi connectivity index (χ3n) is 2.79. The van der Waals surface area contributed by atoms with Crippen molar-refractivity contribution in [1.82, 2.24) is 4.90 Å². The van der Waals surface area contributed by atoms with Gasteiger partial charge in [-0.3, -0.25) is 0 Å². The van der Waals surface area contributed by atoms with Crippen molar-refractivity contribution in [3.8, 4) is 0 Å². The van der Waals surface area contributed by atoms with E-state index in [1.54, 1.807) is 4.90 Å². The lowest BCUT2D eigenvalue weighted by Crippen LogP contribution is -2.44. The number of aliphatic hydroxyl groups is 1. The van der Waals surface area contributed by atoms with Crippen molar-refractivity contribution < 1.29 is 14.6 Å². The van der Waals surface area contributed by atoms with Crippen LogP contribution in [0.25, 0.3) is 0 Å². The molecule has 4 nitrogen and oxygen atoms in total. The number of ether oxygens (including phenoxy) is 1. The van der Waals surface area contributed by atoms with Gasteiger partial charge in [-0.2, -0.15) is 0 Å². The summed E-state index contributed by atoms with van der Waals surface area (Å²) in [5.41, 5.74) is -0.471. The van der Waals surface area contributed by atoms with Crippen LogP contribution in [0.4, 0.5) is 4.79 Å². The zero-order chi connectivity index (χ0) is 12.3. The number of aliphatic hydroxyl groups excluding tert-OH is 1. The molecule has 1 N–H and O–H groups in total. The lowest BCUT2D eigenvalue weighted by atomic mass is 10.1. The van der Waals surface area contributed by atoms with E-state index < -0.39 is 11.7 Å². The molecule has 1 aliphatic heterocycles. The number of hydrogen-bond donors (Lipinski definition) is 1. The average molecular weight is 229 g/mol. The van der Waals surface area contributed by atoms with E-state index in [-0.39, 0.29) is 12.1 Å². The van der Waals surface area contributed by atoms with E-state index in [2.05, 4.69) is 0 Å². The Labute approximate surface area is 97.6 Å². The summed E-state index contributed by atoms with van der Waals surface area (Å²) in [6.07, 6.45) is 1.75. The van der Waals surface area contributed by atoms with Crippen molar-refractivity contribution >= 4 is 6.09 Å². The Hall–Kier alpha value is -0.770. The van der Waals surface area contributed by atoms with Crippen LogP contribution in [-0.4, -0.2) is 40.4 Å². The summed E-state index contributed by atoms with van der Waals surface area (Å²) in [7, 11) is 0. The maximum Gasteiger partial charge on any atom is 0.410 e. The Morgan fingerprint density at radius 1 is 1.56 bits per heavy atom. The largest absolute Gasteiger partial charge is 0.444 e. The molecule has 1 aliphatic rings. The van der Waals surface area contributed by atoms with Crippen molar-refractivity contribution in [3.63, 3.8) is 0 Å². The molecular formula is C12H23NO3. The van der Waals surface area contributed by atoms with Crippen LogP contribution in [0.1, 0.15) is 47.0 Å². The quantitative estimate of drug-likeness (QED) is 0.789. The molecule has 0 aromatic heterocycles. The van der Waals surface area contributed by atoms with Gasteiger partial charge in [-0.15, -0.1) is 0 Å². The number of carbonyl (C=O) groups is 1. The summed E-state index contributed by atoms with van der Waals surface area (Å²) in [5, 5.41) is 9.83. The molecule has 0 aliphatic carbocycles. The van der Waals surface area contributed by atoms with E-state index in [1.807, 2.05) is 27.7 Å². The zero-order valence-electron chi connectivity index (χ0n) is 10.7. The third-order valence-corrected chi connectivity index (χ3v) is 2.79. The number of likely N-dealkylation sites (tertiary alicyclic amines) is 1. The molecule has 1 fully saturated rings. The van der Waals surface area contributed by atoms with E-state index in [0.29, 0.717) is 13.0 Å². The van der Waals surface area contributed by atoms with Crippen LogP contribution in [0.5, 0.6) is 0 Å². The van der Waals surface area contributed by atoms with Gasteiger partial charge in [-0.1, -0.05) is 6.92 Å². The van der Waals surface area contributed by atoms with Gasteiger partial charge in [0.05, 0.1) is 12.1 Å². The van der Waals surface area contributed by atoms with Crippen molar-refractivity contribution in [3.05, 3.63) is 0 Å². The van der Waals surface area contributed by atoms with Crippen LogP contribution in [0.2, 0.25) is 0 Å². The standard InChI is InChI=1S/C12H23NO3/c1-5-10(14)9-7-6-8-13(9)11(15)16-12(2,3)4/h9-10,14H,5-8H2,1-4H3/t9-,10-/m0/s1. The minimum Gasteiger partial charge on any atom is -0.444 e. The van der Waals surface area contributed by atoms with E-state index >= 15 is 0 Å². The summed E-state index contributed by atoms with van der Waals surface area (Å²) < 4.78 is 5.32. The van der Waals surface area contributed by atoms with Crippen molar-refractivity contribution in [2.45, 2.75) is 64.7 Å². The van der Waals surface area contributed by atoms with Crippen LogP contribution in [0.3, 0.4) is 0 Å². The number of rotatable bonds is 2. The number of carbonyl (C=O) groups excluding carboxylic acids is 1. The third kappa shape index (κ3) is 3.37. The van der Waals surface area contributed by atoms with Crippen molar-refractivity contribution in [2.75, 3.05) is 6.54 Å². The molecule has 1 saturated heterocycles. The average Bonchev–Trinajstić information content (AvgIpc) is 2.62. The van der Waals surface area contributed by atoms with Crippen LogP contribution in [0.15, 0.2) is 0 Å². The van der Waals surface area contributed by atoms with Gasteiger partial charge in [-0.25, -0.2) is 4.79 Å². The summed E-state index contributed by atoms with van der Waals surface area (Å²) in [5.74, 6) is 0. The molecular weight excluding hydrogens is 206 g/mol. The predicted molar refractivity (Wildman–Crippen MR) is 62.3 cm³/mol. The predicted octanol–water partition coefficient (Wildman–Crippen LogP) is 2.16. The number of amides is 1. The van der Waals surface area contributed by atoms with Gasteiger partial charge >= 0.3 is 6.09 Å². The van der Waals surface area contributed by atoms with Gasteiger partial charge in [0.25, 0.3) is 0 Å². The van der Waals surface area contributed by atoms with Gasteiger partial charge in [0.1, 0.15) is 5.60 Å². The molecule has 94 valence electrons. The van der Waals surface area contributed by atoms with E-state index in [1.165, 1.54) is 0 Å². The summed E-state index contributed by atoms with van der Waals surface area (Å²) in [6, 6.07) is -0.0696. The van der Waals surface area contributed by atoms with Crippen LogP contribution < -0.4 is 0 Å². The number of hydrogen-bond acceptors (Lipinski definition) is 3. The van der Waals surface area contributed by atoms with Crippen LogP contribution in [0, 0.1) is 0 Å². The molecule has 0 unspecified atom stereocenters. The molecule has 2 atom stereocenters. The summed E-state index contributed by atoms with van der Waals surface area (Å²) >= 11 is 0. The monoisotopic (exact) mass is 229 g/mol. The normalized spacial score (nSPS) is 23.3. The smallest absolute Gasteiger partial charge is 0.410 e. The first-order valence-electron chi connectivity index (χ1n) is 6.03. The molecule has 0 aromatic carbocycles. The Morgan fingerprint density at radius 3 is 2.69 bits per heavy atom. The van der Waals surface area contributed by atoms with Gasteiger partial charge in [0, 0.05) is 6.54 Å². The summed E-state index contributed by atoms with van der Waals surface area (Å²) in [4.78, 5) is 13.6. The molecule has 0 bridgehead atoms. The highest BCUT2D eigenvalue weighted by Gasteiger charge is 2.35. The molecule has 0 aromatic rings. The van der Waals surface area contributed by atoms with E-state index in [9.17, 15) is 9.90 Å². The first-order valence-corrected chi connectivity index (χ1v) is 6.03. The fourth-order valence-electron chi connectivity index (χ4n) is 2.01. The lowest BCUT2D eigenvalue weighted by Gasteiger charge is -2.30. The molecule has 1 heterocycles. The number of nitrogens with zero attached hydrogens (tertiary/aromatic N) is 1. The molecule has 0 saturated carbocycles. The second-order valence-corrected chi connectivity index (χ2v) is 5.36. The topological polar surface area (TPSA) is 49.8 Å². The van der Waals surface area contributed by atoms with Gasteiger partial charge in [-0.05, 0) is 40.0 Å². The van der Waals surface area contributed by atoms with Gasteiger partial charge in [0.2, 0.25) is 0 Å². The fourth-order valence-corrected chi connectivity index (χ4v) is 2.01. The van der Waals surface area contributed by atoms with Gasteiger partial charge < -0.3 is 14.7 Å². The Morgan fingerprint density at radius 2 is 2.19 bits per heavy atom. The van der Waals surface area contributed by atoms with Gasteiger partial charge in [0.15, 0.2) is 0 Å². The molecule has 16 heavy (non-hydrogen) atoms.